The van der Waals surface area contributed by atoms with Gasteiger partial charge < -0.3 is 29.2 Å². The van der Waals surface area contributed by atoms with E-state index in [0.29, 0.717) is 46.3 Å². The van der Waals surface area contributed by atoms with Crippen molar-refractivity contribution in [2.45, 2.75) is 36.0 Å². The molecule has 1 N–H and O–H groups in total. The third kappa shape index (κ3) is 8.57. The fourth-order valence-corrected chi connectivity index (χ4v) is 8.90. The van der Waals surface area contributed by atoms with Crippen molar-refractivity contribution in [1.82, 2.24) is 15.3 Å². The second kappa shape index (κ2) is 17.1. The van der Waals surface area contributed by atoms with Crippen LogP contribution in [0.3, 0.4) is 0 Å². The summed E-state index contributed by atoms with van der Waals surface area (Å²) in [5, 5.41) is 3.27. The number of rotatable bonds is 10. The third-order valence-electron chi connectivity index (χ3n) is 10.3. The van der Waals surface area contributed by atoms with Crippen molar-refractivity contribution in [1.29, 1.82) is 0 Å². The summed E-state index contributed by atoms with van der Waals surface area (Å²) in [7, 11) is -2.21. The first-order valence-corrected chi connectivity index (χ1v) is 21.4. The van der Waals surface area contributed by atoms with Gasteiger partial charge in [0.1, 0.15) is 11.5 Å². The van der Waals surface area contributed by atoms with Crippen LogP contribution in [0.25, 0.3) is 22.3 Å². The molecule has 2 fully saturated rings. The lowest BCUT2D eigenvalue weighted by Crippen LogP contribution is -2.23. The zero-order valence-electron chi connectivity index (χ0n) is 30.9. The maximum atomic E-state index is 14.7. The number of halogens is 2. The number of nitrogens with zero attached hydrogens (tertiary/aromatic N) is 3. The molecule has 4 atom stereocenters. The fourth-order valence-electron chi connectivity index (χ4n) is 7.05. The zero-order chi connectivity index (χ0) is 38.6. The van der Waals surface area contributed by atoms with Gasteiger partial charge in [-0.15, -0.1) is 0 Å². The summed E-state index contributed by atoms with van der Waals surface area (Å²) in [4.78, 5) is 12.4. The van der Waals surface area contributed by atoms with E-state index in [0.717, 1.165) is 79.2 Å². The van der Waals surface area contributed by atoms with E-state index < -0.39 is 27.4 Å². The second-order valence-electron chi connectivity index (χ2n) is 14.2. The molecule has 1 aromatic heterocycles. The molecule has 56 heavy (non-hydrogen) atoms. The van der Waals surface area contributed by atoms with Gasteiger partial charge in [-0.25, -0.2) is 18.7 Å². The molecule has 2 saturated heterocycles. The van der Waals surface area contributed by atoms with Crippen LogP contribution in [0.15, 0.2) is 95.0 Å². The molecule has 5 aromatic rings. The van der Waals surface area contributed by atoms with Crippen LogP contribution in [0.5, 0.6) is 23.0 Å². The Bertz CT molecular complexity index is 2260. The van der Waals surface area contributed by atoms with E-state index in [9.17, 15) is 17.2 Å². The molecular formula is C42H42F2N4O6S2. The van der Waals surface area contributed by atoms with E-state index in [-0.39, 0.29) is 29.2 Å². The van der Waals surface area contributed by atoms with Crippen molar-refractivity contribution in [3.63, 3.8) is 0 Å². The Morgan fingerprint density at radius 2 is 1.29 bits per heavy atom. The molecule has 0 spiro atoms. The lowest BCUT2D eigenvalue weighted by Gasteiger charge is -2.17. The van der Waals surface area contributed by atoms with Crippen LogP contribution in [0.2, 0.25) is 0 Å². The molecule has 0 bridgehead atoms. The Morgan fingerprint density at radius 1 is 0.750 bits per heavy atom. The number of aryl methyl sites for hydroxylation is 1. The van der Waals surface area contributed by atoms with Gasteiger partial charge in [0.15, 0.2) is 35.0 Å². The smallest absolute Gasteiger partial charge is 0.225 e. The molecule has 292 valence electrons. The molecule has 0 amide bonds. The van der Waals surface area contributed by atoms with Gasteiger partial charge in [-0.05, 0) is 102 Å². The van der Waals surface area contributed by atoms with Crippen LogP contribution in [0.4, 0.5) is 14.7 Å². The molecule has 0 aliphatic carbocycles. The molecular weight excluding hydrogens is 759 g/mol. The van der Waals surface area contributed by atoms with Crippen LogP contribution in [-0.2, 0) is 28.0 Å². The van der Waals surface area contributed by atoms with Gasteiger partial charge in [-0.2, -0.15) is 0 Å². The molecule has 4 aromatic carbocycles. The first-order valence-electron chi connectivity index (χ1n) is 18.7. The number of anilines is 1. The topological polar surface area (TPSA) is 112 Å². The summed E-state index contributed by atoms with van der Waals surface area (Å²) >= 11 is 0. The molecule has 2 unspecified atom stereocenters. The van der Waals surface area contributed by atoms with E-state index in [1.165, 1.54) is 12.1 Å². The Morgan fingerprint density at radius 3 is 1.80 bits per heavy atom. The number of hydrogen-bond acceptors (Lipinski definition) is 10. The number of hydrogen-bond donors (Lipinski definition) is 1. The summed E-state index contributed by atoms with van der Waals surface area (Å²) < 4.78 is 74.8. The number of fused-ring (bicyclic) bond motifs is 2. The highest BCUT2D eigenvalue weighted by Crippen LogP contribution is 2.36. The van der Waals surface area contributed by atoms with Crippen molar-refractivity contribution >= 4 is 27.5 Å². The Labute approximate surface area is 329 Å². The molecule has 9 rings (SSSR count). The van der Waals surface area contributed by atoms with Crippen molar-refractivity contribution in [3.05, 3.63) is 102 Å². The predicted molar refractivity (Wildman–Crippen MR) is 211 cm³/mol. The molecule has 0 saturated carbocycles. The Balaban J connectivity index is 0.000000164. The van der Waals surface area contributed by atoms with Crippen LogP contribution in [0, 0.1) is 23.5 Å². The minimum atomic E-state index is -1.12. The maximum Gasteiger partial charge on any atom is 0.225 e. The minimum Gasteiger partial charge on any atom is -0.490 e. The van der Waals surface area contributed by atoms with Crippen molar-refractivity contribution in [2.75, 3.05) is 56.2 Å². The number of ether oxygens (including phenoxy) is 4. The summed E-state index contributed by atoms with van der Waals surface area (Å²) in [6, 6.07) is 20.8. The fraction of sp³-hybridized carbons (Fsp3) is 0.333. The van der Waals surface area contributed by atoms with Crippen LogP contribution in [-0.4, -0.2) is 69.7 Å². The average Bonchev–Trinajstić information content (AvgIpc) is 4.06. The van der Waals surface area contributed by atoms with Gasteiger partial charge in [0, 0.05) is 43.9 Å². The Hall–Kier alpha value is -4.92. The van der Waals surface area contributed by atoms with Gasteiger partial charge in [0.2, 0.25) is 5.95 Å². The normalized spacial score (nSPS) is 20.7. The number of aromatic nitrogens is 2. The highest BCUT2D eigenvalue weighted by molar-refractivity contribution is 7.85. The van der Waals surface area contributed by atoms with Gasteiger partial charge >= 0.3 is 0 Å². The lowest BCUT2D eigenvalue weighted by molar-refractivity contribution is 0.249. The minimum absolute atomic E-state index is 0.175. The standard InChI is InChI=1S/C24H24FN3O3S.C18H18FNO3S/c1-2-16-11-26-24(27-12-16)28-8-7-17(13-28)14-30-21-5-3-18(9-20(21)25)19-4-6-23-22(10-19)31-15-32(23)29;19-15-7-13(1-3-16(15)22-10-12-5-6-20-9-12)14-2-4-18-17(8-14)23-11-24(18)21/h3-6,9-12,17H,2,7-8,13-15H2,1H3;1-4,7-8,12,20H,5-6,9-11H2/t17-,32?;12-,24?/m11/s1. The van der Waals surface area contributed by atoms with Crippen LogP contribution < -0.4 is 29.2 Å². The Kier molecular flexibility index (Phi) is 11.6. The summed E-state index contributed by atoms with van der Waals surface area (Å²) in [5.74, 6) is 2.80. The number of benzene rings is 4. The summed E-state index contributed by atoms with van der Waals surface area (Å²) in [6.45, 7) is 6.64. The molecule has 4 aliphatic rings. The lowest BCUT2D eigenvalue weighted by atomic mass is 10.0. The number of nitrogens with one attached hydrogen (secondary N) is 1. The first kappa shape index (κ1) is 38.0. The van der Waals surface area contributed by atoms with Gasteiger partial charge in [0.05, 0.1) is 44.6 Å². The molecule has 0 radical (unpaired) electrons. The van der Waals surface area contributed by atoms with E-state index in [1.807, 2.05) is 36.7 Å². The van der Waals surface area contributed by atoms with Gasteiger partial charge in [0.25, 0.3) is 0 Å². The summed E-state index contributed by atoms with van der Waals surface area (Å²) in [5.41, 5.74) is 4.23. The average molecular weight is 801 g/mol. The highest BCUT2D eigenvalue weighted by atomic mass is 32.2. The second-order valence-corrected chi connectivity index (χ2v) is 16.9. The SMILES string of the molecule is CCc1cnc(N2CC[C@@H](COc3ccc(-c4ccc5c(c4)OCS5=O)cc3F)C2)nc1.O=S1COc2cc(-c3ccc(OC[C@@H]4CCNC4)c(F)c3)ccc21. The van der Waals surface area contributed by atoms with E-state index >= 15 is 0 Å². The van der Waals surface area contributed by atoms with Crippen molar-refractivity contribution in [2.24, 2.45) is 11.8 Å². The zero-order valence-corrected chi connectivity index (χ0v) is 32.5. The van der Waals surface area contributed by atoms with E-state index in [1.54, 1.807) is 36.4 Å². The van der Waals surface area contributed by atoms with Gasteiger partial charge in [-0.1, -0.05) is 31.2 Å². The van der Waals surface area contributed by atoms with Gasteiger partial charge in [-0.3, -0.25) is 8.42 Å². The largest absolute Gasteiger partial charge is 0.490 e. The van der Waals surface area contributed by atoms with E-state index in [2.05, 4.69) is 27.1 Å². The van der Waals surface area contributed by atoms with Crippen LogP contribution >= 0.6 is 0 Å². The first-order chi connectivity index (χ1) is 27.3. The maximum absolute atomic E-state index is 14.7. The van der Waals surface area contributed by atoms with Crippen molar-refractivity contribution < 1.29 is 36.1 Å². The van der Waals surface area contributed by atoms with Crippen LogP contribution in [0.1, 0.15) is 25.3 Å². The predicted octanol–water partition coefficient (Wildman–Crippen LogP) is 7.15. The molecule has 4 aliphatic heterocycles. The quantitative estimate of drug-likeness (QED) is 0.156. The highest BCUT2D eigenvalue weighted by Gasteiger charge is 2.26. The molecule has 5 heterocycles. The van der Waals surface area contributed by atoms with Crippen molar-refractivity contribution in [3.8, 4) is 45.3 Å². The monoisotopic (exact) mass is 800 g/mol. The summed E-state index contributed by atoms with van der Waals surface area (Å²) in [6.07, 6.45) is 6.68. The third-order valence-corrected chi connectivity index (χ3v) is 12.7. The van der Waals surface area contributed by atoms with E-state index in [4.69, 9.17) is 18.9 Å². The molecule has 10 nitrogen and oxygen atoms in total. The molecule has 14 heteroatoms.